The van der Waals surface area contributed by atoms with Gasteiger partial charge in [0.1, 0.15) is 0 Å². The van der Waals surface area contributed by atoms with Crippen molar-refractivity contribution in [2.45, 2.75) is 26.4 Å². The van der Waals surface area contributed by atoms with Crippen LogP contribution in [0.25, 0.3) is 11.2 Å². The Bertz CT molecular complexity index is 1130. The fraction of sp³-hybridized carbons (Fsp3) is 0.316. The van der Waals surface area contributed by atoms with Crippen LogP contribution in [0.4, 0.5) is 11.6 Å². The van der Waals surface area contributed by atoms with Crippen molar-refractivity contribution in [1.82, 2.24) is 18.7 Å². The zero-order valence-corrected chi connectivity index (χ0v) is 15.1. The first-order valence-electron chi connectivity index (χ1n) is 8.62. The Kier molecular flexibility index (Phi) is 3.61. The second-order valence-corrected chi connectivity index (χ2v) is 6.72. The van der Waals surface area contributed by atoms with Gasteiger partial charge in [-0.2, -0.15) is 4.98 Å². The molecular formula is C19H21N5O2. The predicted octanol–water partition coefficient (Wildman–Crippen LogP) is 2.10. The molecule has 0 fully saturated rings. The number of anilines is 2. The van der Waals surface area contributed by atoms with Gasteiger partial charge in [0.15, 0.2) is 11.2 Å². The number of rotatable bonds is 3. The van der Waals surface area contributed by atoms with E-state index in [9.17, 15) is 9.59 Å². The summed E-state index contributed by atoms with van der Waals surface area (Å²) in [7, 11) is 1.65. The Morgan fingerprint density at radius 1 is 1.19 bits per heavy atom. The van der Waals surface area contributed by atoms with Crippen LogP contribution in [0.3, 0.4) is 0 Å². The van der Waals surface area contributed by atoms with Gasteiger partial charge in [-0.1, -0.05) is 23.8 Å². The van der Waals surface area contributed by atoms with Crippen molar-refractivity contribution in [2.75, 3.05) is 11.4 Å². The molecule has 26 heavy (non-hydrogen) atoms. The summed E-state index contributed by atoms with van der Waals surface area (Å²) in [6.07, 6.45) is 1.59. The number of fused-ring (bicyclic) bond motifs is 3. The monoisotopic (exact) mass is 351 g/mol. The lowest BCUT2D eigenvalue weighted by Crippen LogP contribution is -2.40. The van der Waals surface area contributed by atoms with Crippen LogP contribution in [0.15, 0.2) is 46.5 Å². The Hall–Kier alpha value is -3.09. The molecule has 2 aromatic heterocycles. The maximum atomic E-state index is 13.0. The molecule has 7 heteroatoms. The first-order valence-corrected chi connectivity index (χ1v) is 8.62. The second-order valence-electron chi connectivity index (χ2n) is 6.72. The number of benzene rings is 1. The van der Waals surface area contributed by atoms with E-state index in [1.807, 2.05) is 23.6 Å². The number of imidazole rings is 1. The molecule has 134 valence electrons. The van der Waals surface area contributed by atoms with E-state index < -0.39 is 0 Å². The topological polar surface area (TPSA) is 65.1 Å². The van der Waals surface area contributed by atoms with E-state index >= 15 is 0 Å². The van der Waals surface area contributed by atoms with Crippen LogP contribution in [0, 0.1) is 6.92 Å². The van der Waals surface area contributed by atoms with Crippen LogP contribution in [-0.4, -0.2) is 25.2 Å². The Morgan fingerprint density at radius 2 is 1.88 bits per heavy atom. The summed E-state index contributed by atoms with van der Waals surface area (Å²) in [5.74, 6) is 0.694. The van der Waals surface area contributed by atoms with E-state index in [-0.39, 0.29) is 17.3 Å². The number of hydrogen-bond donors (Lipinski definition) is 0. The molecule has 0 saturated heterocycles. The minimum absolute atomic E-state index is 0.319. The van der Waals surface area contributed by atoms with Crippen molar-refractivity contribution in [2.24, 2.45) is 7.05 Å². The first kappa shape index (κ1) is 16.4. The van der Waals surface area contributed by atoms with Crippen molar-refractivity contribution in [3.63, 3.8) is 0 Å². The van der Waals surface area contributed by atoms with Crippen molar-refractivity contribution in [3.05, 3.63) is 63.3 Å². The normalized spacial score (nSPS) is 14.7. The third-order valence-electron chi connectivity index (χ3n) is 5.04. The van der Waals surface area contributed by atoms with Crippen LogP contribution < -0.4 is 16.1 Å². The number of nitrogens with zero attached hydrogens (tertiary/aromatic N) is 5. The zero-order chi connectivity index (χ0) is 18.6. The number of hydrogen-bond acceptors (Lipinski definition) is 4. The summed E-state index contributed by atoms with van der Waals surface area (Å²) in [5.41, 5.74) is 2.39. The summed E-state index contributed by atoms with van der Waals surface area (Å²) in [6, 6.07) is 7.80. The summed E-state index contributed by atoms with van der Waals surface area (Å²) >= 11 is 0. The summed E-state index contributed by atoms with van der Waals surface area (Å²) in [5, 5.41) is 0. The summed E-state index contributed by atoms with van der Waals surface area (Å²) in [4.78, 5) is 32.4. The molecule has 1 unspecified atom stereocenters. The highest BCUT2D eigenvalue weighted by Gasteiger charge is 2.29. The number of aryl methyl sites for hydroxylation is 2. The maximum absolute atomic E-state index is 13.0. The molecule has 3 heterocycles. The highest BCUT2D eigenvalue weighted by atomic mass is 16.2. The fourth-order valence-electron chi connectivity index (χ4n) is 3.48. The van der Waals surface area contributed by atoms with Crippen LogP contribution in [0.1, 0.15) is 18.5 Å². The minimum atomic E-state index is -0.383. The zero-order valence-electron chi connectivity index (χ0n) is 15.1. The van der Waals surface area contributed by atoms with Gasteiger partial charge in [0.05, 0.1) is 6.04 Å². The Labute approximate surface area is 150 Å². The van der Waals surface area contributed by atoms with E-state index in [0.717, 1.165) is 12.2 Å². The standard InChI is InChI=1S/C19H21N5O2/c1-5-13(3)24-17(25)15-16(21(4)19(24)26)20-18-22(10-11-23(15)18)14-8-6-12(2)7-9-14/h5-9,13H,1,10-11H2,2-4H3. The lowest BCUT2D eigenvalue weighted by Gasteiger charge is -2.16. The minimum Gasteiger partial charge on any atom is -0.310 e. The fourth-order valence-corrected chi connectivity index (χ4v) is 3.48. The smallest absolute Gasteiger partial charge is 0.310 e. The molecule has 1 aliphatic rings. The quantitative estimate of drug-likeness (QED) is 0.678. The molecule has 0 amide bonds. The average molecular weight is 351 g/mol. The summed E-state index contributed by atoms with van der Waals surface area (Å²) in [6.45, 7) is 8.92. The van der Waals surface area contributed by atoms with Gasteiger partial charge in [-0.15, -0.1) is 6.58 Å². The van der Waals surface area contributed by atoms with Crippen molar-refractivity contribution >= 4 is 22.8 Å². The summed E-state index contributed by atoms with van der Waals surface area (Å²) < 4.78 is 4.58. The van der Waals surface area contributed by atoms with Crippen LogP contribution in [0.2, 0.25) is 0 Å². The van der Waals surface area contributed by atoms with Gasteiger partial charge < -0.3 is 9.47 Å². The molecule has 1 aromatic carbocycles. The molecule has 0 spiro atoms. The van der Waals surface area contributed by atoms with Gasteiger partial charge in [-0.25, -0.2) is 4.79 Å². The molecule has 1 aliphatic heterocycles. The van der Waals surface area contributed by atoms with Crippen LogP contribution >= 0.6 is 0 Å². The van der Waals surface area contributed by atoms with Gasteiger partial charge in [-0.3, -0.25) is 13.9 Å². The van der Waals surface area contributed by atoms with Crippen LogP contribution in [-0.2, 0) is 13.6 Å². The molecular weight excluding hydrogens is 330 g/mol. The van der Waals surface area contributed by atoms with Gasteiger partial charge in [0.25, 0.3) is 5.56 Å². The molecule has 0 N–H and O–H groups in total. The van der Waals surface area contributed by atoms with E-state index in [1.54, 1.807) is 20.0 Å². The third-order valence-corrected chi connectivity index (χ3v) is 5.04. The maximum Gasteiger partial charge on any atom is 0.333 e. The molecule has 3 aromatic rings. The first-order chi connectivity index (χ1) is 12.4. The van der Waals surface area contributed by atoms with E-state index in [2.05, 4.69) is 28.6 Å². The van der Waals surface area contributed by atoms with E-state index in [0.29, 0.717) is 23.7 Å². The average Bonchev–Trinajstić information content (AvgIpc) is 3.20. The third kappa shape index (κ3) is 2.16. The van der Waals surface area contributed by atoms with Crippen molar-refractivity contribution in [1.29, 1.82) is 0 Å². The van der Waals surface area contributed by atoms with Gasteiger partial charge >= 0.3 is 5.69 Å². The lowest BCUT2D eigenvalue weighted by molar-refractivity contribution is 0.572. The predicted molar refractivity (Wildman–Crippen MR) is 102 cm³/mol. The largest absolute Gasteiger partial charge is 0.333 e. The SMILES string of the molecule is C=CC(C)n1c(=O)c2c(nc3n2CCN3c2ccc(C)cc2)n(C)c1=O. The molecule has 4 rings (SSSR count). The molecule has 0 radical (unpaired) electrons. The van der Waals surface area contributed by atoms with Gasteiger partial charge in [-0.05, 0) is 26.0 Å². The molecule has 1 atom stereocenters. The molecule has 0 saturated carbocycles. The van der Waals surface area contributed by atoms with E-state index in [4.69, 9.17) is 0 Å². The lowest BCUT2D eigenvalue weighted by atomic mass is 10.2. The van der Waals surface area contributed by atoms with Crippen molar-refractivity contribution in [3.8, 4) is 0 Å². The highest BCUT2D eigenvalue weighted by Crippen LogP contribution is 2.31. The van der Waals surface area contributed by atoms with Crippen LogP contribution in [0.5, 0.6) is 0 Å². The van der Waals surface area contributed by atoms with E-state index in [1.165, 1.54) is 14.7 Å². The molecule has 0 aliphatic carbocycles. The second kappa shape index (κ2) is 5.72. The van der Waals surface area contributed by atoms with Gasteiger partial charge in [0.2, 0.25) is 5.95 Å². The number of aromatic nitrogens is 4. The van der Waals surface area contributed by atoms with Gasteiger partial charge in [0, 0.05) is 25.8 Å². The highest BCUT2D eigenvalue weighted by molar-refractivity contribution is 5.77. The molecule has 0 bridgehead atoms. The van der Waals surface area contributed by atoms with Crippen molar-refractivity contribution < 1.29 is 0 Å². The Balaban J connectivity index is 1.98. The molecule has 7 nitrogen and oxygen atoms in total. The Morgan fingerprint density at radius 3 is 2.54 bits per heavy atom. The number of allylic oxidation sites excluding steroid dienone is 1.